The Bertz CT molecular complexity index is 123. The van der Waals surface area contributed by atoms with Gasteiger partial charge in [-0.05, 0) is 19.3 Å². The normalized spacial score (nSPS) is 16.0. The van der Waals surface area contributed by atoms with Gasteiger partial charge in [0.25, 0.3) is 0 Å². The summed E-state index contributed by atoms with van der Waals surface area (Å²) in [7, 11) is 0. The first-order chi connectivity index (χ1) is 5.13. The van der Waals surface area contributed by atoms with Crippen LogP contribution in [0.1, 0.15) is 19.8 Å². The van der Waals surface area contributed by atoms with Crippen molar-refractivity contribution in [2.45, 2.75) is 25.9 Å². The zero-order valence-corrected chi connectivity index (χ0v) is 6.79. The molecule has 0 aliphatic carbocycles. The van der Waals surface area contributed by atoms with Crippen LogP contribution in [0, 0.1) is 12.8 Å². The lowest BCUT2D eigenvalue weighted by Crippen LogP contribution is -2.30. The van der Waals surface area contributed by atoms with E-state index in [-0.39, 0.29) is 5.92 Å². The van der Waals surface area contributed by atoms with Crippen LogP contribution in [0.3, 0.4) is 0 Å². The van der Waals surface area contributed by atoms with Gasteiger partial charge in [-0.1, -0.05) is 13.3 Å². The summed E-state index contributed by atoms with van der Waals surface area (Å²) in [5.74, 6) is -0.835. The van der Waals surface area contributed by atoms with E-state index >= 15 is 0 Å². The fourth-order valence-electron chi connectivity index (χ4n) is 0.885. The van der Waals surface area contributed by atoms with E-state index in [2.05, 4.69) is 6.92 Å². The van der Waals surface area contributed by atoms with Gasteiger partial charge in [0.05, 0.1) is 0 Å². The molecule has 0 saturated carbocycles. The Kier molecular flexibility index (Phi) is 5.07. The van der Waals surface area contributed by atoms with Gasteiger partial charge in [-0.2, -0.15) is 0 Å². The van der Waals surface area contributed by atoms with Gasteiger partial charge >= 0.3 is 0 Å². The van der Waals surface area contributed by atoms with Crippen molar-refractivity contribution >= 4 is 5.78 Å². The van der Waals surface area contributed by atoms with Crippen LogP contribution in [-0.2, 0) is 4.79 Å². The fourth-order valence-corrected chi connectivity index (χ4v) is 0.885. The van der Waals surface area contributed by atoms with Gasteiger partial charge in [0.2, 0.25) is 0 Å². The lowest BCUT2D eigenvalue weighted by Gasteiger charge is -2.15. The molecule has 0 aromatic rings. The molecule has 3 heteroatoms. The molecule has 0 aromatic heterocycles. The van der Waals surface area contributed by atoms with E-state index in [4.69, 9.17) is 10.2 Å². The second kappa shape index (κ2) is 5.27. The first-order valence-corrected chi connectivity index (χ1v) is 3.78. The van der Waals surface area contributed by atoms with E-state index in [9.17, 15) is 4.79 Å². The molecule has 1 radical (unpaired) electrons. The van der Waals surface area contributed by atoms with E-state index in [0.29, 0.717) is 6.42 Å². The van der Waals surface area contributed by atoms with E-state index in [1.165, 1.54) is 0 Å². The number of carbonyl (C=O) groups is 1. The zero-order chi connectivity index (χ0) is 8.85. The highest BCUT2D eigenvalue weighted by atomic mass is 16.3. The Balaban J connectivity index is 3.80. The molecule has 0 fully saturated rings. The highest BCUT2D eigenvalue weighted by molar-refractivity contribution is 5.84. The molecule has 2 unspecified atom stereocenters. The molecule has 0 rings (SSSR count). The molecule has 0 heterocycles. The fraction of sp³-hybridized carbons (Fsp3) is 0.750. The molecule has 0 bridgehead atoms. The Labute approximate surface area is 67.0 Å². The summed E-state index contributed by atoms with van der Waals surface area (Å²) in [6.07, 6.45) is 0.483. The Morgan fingerprint density at radius 3 is 2.55 bits per heavy atom. The Morgan fingerprint density at radius 2 is 2.18 bits per heavy atom. The minimum Gasteiger partial charge on any atom is -0.388 e. The summed E-state index contributed by atoms with van der Waals surface area (Å²) < 4.78 is 0. The number of Topliss-reactive ketones (excluding diaryl/α,β-unsaturated/α-hetero) is 1. The topological polar surface area (TPSA) is 57.5 Å². The minimum absolute atomic E-state index is 0.292. The first kappa shape index (κ1) is 10.6. The largest absolute Gasteiger partial charge is 0.388 e. The lowest BCUT2D eigenvalue weighted by atomic mass is 9.97. The molecule has 0 amide bonds. The van der Waals surface area contributed by atoms with Gasteiger partial charge in [-0.25, -0.2) is 0 Å². The zero-order valence-electron chi connectivity index (χ0n) is 6.79. The van der Waals surface area contributed by atoms with Crippen LogP contribution in [0.2, 0.25) is 0 Å². The van der Waals surface area contributed by atoms with Crippen molar-refractivity contribution < 1.29 is 15.0 Å². The van der Waals surface area contributed by atoms with Gasteiger partial charge in [-0.15, -0.1) is 0 Å². The monoisotopic (exact) mass is 159 g/mol. The highest BCUT2D eigenvalue weighted by Gasteiger charge is 2.20. The molecule has 65 valence electrons. The van der Waals surface area contributed by atoms with Gasteiger partial charge in [0.15, 0.2) is 5.78 Å². The molecular weight excluding hydrogens is 144 g/mol. The molecule has 0 spiro atoms. The first-order valence-electron chi connectivity index (χ1n) is 3.78. The third-order valence-corrected chi connectivity index (χ3v) is 1.59. The molecule has 0 saturated heterocycles. The van der Waals surface area contributed by atoms with Crippen LogP contribution in [0.4, 0.5) is 0 Å². The number of aliphatic hydroxyl groups is 2. The standard InChI is InChI=1S/C8H15O3/c1-3-4-6(2)8(11)7(10)5-9/h6,8-9,11H,2-5H2,1H3. The predicted octanol–water partition coefficient (Wildman–Crippen LogP) is 0.159. The van der Waals surface area contributed by atoms with Crippen LogP contribution in [0.15, 0.2) is 0 Å². The Morgan fingerprint density at radius 1 is 1.64 bits per heavy atom. The number of rotatable bonds is 5. The summed E-state index contributed by atoms with van der Waals surface area (Å²) in [4.78, 5) is 10.7. The van der Waals surface area contributed by atoms with Crippen molar-refractivity contribution in [2.24, 2.45) is 5.92 Å². The van der Waals surface area contributed by atoms with E-state index < -0.39 is 18.5 Å². The number of aliphatic hydroxyl groups excluding tert-OH is 2. The number of hydrogen-bond acceptors (Lipinski definition) is 3. The minimum atomic E-state index is -1.10. The van der Waals surface area contributed by atoms with Crippen LogP contribution in [0.25, 0.3) is 0 Å². The van der Waals surface area contributed by atoms with Crippen molar-refractivity contribution in [2.75, 3.05) is 6.61 Å². The lowest BCUT2D eigenvalue weighted by molar-refractivity contribution is -0.131. The summed E-state index contributed by atoms with van der Waals surface area (Å²) in [6, 6.07) is 0. The van der Waals surface area contributed by atoms with Crippen molar-refractivity contribution in [1.29, 1.82) is 0 Å². The van der Waals surface area contributed by atoms with Crippen LogP contribution >= 0.6 is 0 Å². The van der Waals surface area contributed by atoms with E-state index in [1.54, 1.807) is 0 Å². The number of ketones is 1. The molecule has 3 nitrogen and oxygen atoms in total. The molecule has 2 atom stereocenters. The number of carbonyl (C=O) groups excluding carboxylic acids is 1. The molecule has 0 aliphatic rings. The SMILES string of the molecule is [CH2]C(CCC)C(O)C(=O)CO. The maximum absolute atomic E-state index is 10.7. The maximum atomic E-state index is 10.7. The molecule has 11 heavy (non-hydrogen) atoms. The van der Waals surface area contributed by atoms with Gasteiger partial charge in [0.1, 0.15) is 12.7 Å². The third-order valence-electron chi connectivity index (χ3n) is 1.59. The van der Waals surface area contributed by atoms with Crippen LogP contribution in [0.5, 0.6) is 0 Å². The molecule has 0 aromatic carbocycles. The summed E-state index contributed by atoms with van der Waals surface area (Å²) in [5, 5.41) is 17.5. The quantitative estimate of drug-likeness (QED) is 0.600. The van der Waals surface area contributed by atoms with Gasteiger partial charge in [-0.3, -0.25) is 4.79 Å². The predicted molar refractivity (Wildman–Crippen MR) is 41.9 cm³/mol. The molecule has 2 N–H and O–H groups in total. The van der Waals surface area contributed by atoms with Crippen LogP contribution in [-0.4, -0.2) is 28.7 Å². The summed E-state index contributed by atoms with van der Waals surface area (Å²) in [6.45, 7) is 4.97. The average Bonchev–Trinajstić information content (AvgIpc) is 2.02. The number of hydrogen-bond donors (Lipinski definition) is 2. The third kappa shape index (κ3) is 3.49. The Hall–Kier alpha value is -0.410. The highest BCUT2D eigenvalue weighted by Crippen LogP contribution is 2.10. The van der Waals surface area contributed by atoms with E-state index in [1.807, 2.05) is 6.92 Å². The van der Waals surface area contributed by atoms with Gasteiger partial charge in [0, 0.05) is 0 Å². The van der Waals surface area contributed by atoms with Crippen molar-refractivity contribution in [3.8, 4) is 0 Å². The summed E-state index contributed by atoms with van der Waals surface area (Å²) >= 11 is 0. The molecule has 0 aliphatic heterocycles. The second-order valence-electron chi connectivity index (χ2n) is 2.62. The average molecular weight is 159 g/mol. The van der Waals surface area contributed by atoms with Crippen molar-refractivity contribution in [3.05, 3.63) is 6.92 Å². The molecular formula is C8H15O3. The maximum Gasteiger partial charge on any atom is 0.186 e. The van der Waals surface area contributed by atoms with Gasteiger partial charge < -0.3 is 10.2 Å². The van der Waals surface area contributed by atoms with Crippen molar-refractivity contribution in [3.63, 3.8) is 0 Å². The van der Waals surface area contributed by atoms with Crippen molar-refractivity contribution in [1.82, 2.24) is 0 Å². The summed E-state index contributed by atoms with van der Waals surface area (Å²) in [5.41, 5.74) is 0. The van der Waals surface area contributed by atoms with E-state index in [0.717, 1.165) is 6.42 Å². The second-order valence-corrected chi connectivity index (χ2v) is 2.62. The van der Waals surface area contributed by atoms with Crippen LogP contribution < -0.4 is 0 Å². The smallest absolute Gasteiger partial charge is 0.186 e.